The predicted octanol–water partition coefficient (Wildman–Crippen LogP) is 3.45. The van der Waals surface area contributed by atoms with E-state index in [-0.39, 0.29) is 5.91 Å². The number of rotatable bonds is 3. The highest BCUT2D eigenvalue weighted by Gasteiger charge is 2.23. The Morgan fingerprint density at radius 2 is 1.59 bits per heavy atom. The lowest BCUT2D eigenvalue weighted by molar-refractivity contribution is 0.0765. The molecule has 1 amide bonds. The number of carbonyl (C=O) groups excluding carboxylic acids is 1. The summed E-state index contributed by atoms with van der Waals surface area (Å²) in [4.78, 5) is 22.8. The van der Waals surface area contributed by atoms with Gasteiger partial charge in [-0.15, -0.1) is 11.3 Å². The minimum atomic E-state index is 0.210. The Morgan fingerprint density at radius 1 is 1.00 bits per heavy atom. The van der Waals surface area contributed by atoms with Crippen LogP contribution in [0.25, 0.3) is 0 Å². The van der Waals surface area contributed by atoms with Crippen LogP contribution in [0.2, 0.25) is 0 Å². The van der Waals surface area contributed by atoms with Gasteiger partial charge in [0.15, 0.2) is 0 Å². The molecule has 1 aromatic heterocycles. The van der Waals surface area contributed by atoms with Crippen molar-refractivity contribution in [1.82, 2.24) is 14.8 Å². The molecule has 3 rings (SSSR count). The lowest BCUT2D eigenvalue weighted by atomic mass is 10.1. The molecule has 0 atom stereocenters. The van der Waals surface area contributed by atoms with Crippen LogP contribution in [0.3, 0.4) is 0 Å². The number of carbonyl (C=O) groups is 1. The molecule has 0 bridgehead atoms. The number of amides is 1. The third kappa shape index (κ3) is 3.87. The van der Waals surface area contributed by atoms with E-state index in [4.69, 9.17) is 0 Å². The molecule has 0 radical (unpaired) electrons. The number of hydrogen-bond donors (Lipinski definition) is 0. The molecule has 3 heterocycles. The smallest absolute Gasteiger partial charge is 0.265 e. The molecular formula is C17H27N3OS. The molecule has 2 aliphatic rings. The number of likely N-dealkylation sites (tertiary alicyclic amines) is 2. The normalized spacial score (nSPS) is 20.9. The minimum absolute atomic E-state index is 0.210. The summed E-state index contributed by atoms with van der Waals surface area (Å²) in [7, 11) is 0. The van der Waals surface area contributed by atoms with Crippen molar-refractivity contribution < 1.29 is 4.79 Å². The van der Waals surface area contributed by atoms with Crippen molar-refractivity contribution in [3.8, 4) is 0 Å². The van der Waals surface area contributed by atoms with Gasteiger partial charge in [-0.1, -0.05) is 19.3 Å². The third-order valence-electron chi connectivity index (χ3n) is 4.74. The summed E-state index contributed by atoms with van der Waals surface area (Å²) in [5.41, 5.74) is 0.922. The fourth-order valence-corrected chi connectivity index (χ4v) is 4.52. The largest absolute Gasteiger partial charge is 0.338 e. The summed E-state index contributed by atoms with van der Waals surface area (Å²) < 4.78 is 0. The number of aromatic nitrogens is 1. The van der Waals surface area contributed by atoms with Gasteiger partial charge in [0.05, 0.1) is 12.2 Å². The lowest BCUT2D eigenvalue weighted by Gasteiger charge is -2.25. The summed E-state index contributed by atoms with van der Waals surface area (Å²) in [6.45, 7) is 7.08. The zero-order valence-corrected chi connectivity index (χ0v) is 14.5. The summed E-state index contributed by atoms with van der Waals surface area (Å²) >= 11 is 1.62. The van der Waals surface area contributed by atoms with E-state index in [1.54, 1.807) is 11.3 Å². The van der Waals surface area contributed by atoms with Crippen LogP contribution in [0.5, 0.6) is 0 Å². The Morgan fingerprint density at radius 3 is 2.27 bits per heavy atom. The second kappa shape index (κ2) is 7.55. The molecule has 0 aliphatic carbocycles. The predicted molar refractivity (Wildman–Crippen MR) is 90.4 cm³/mol. The van der Waals surface area contributed by atoms with Crippen molar-refractivity contribution in [2.24, 2.45) is 0 Å². The van der Waals surface area contributed by atoms with Gasteiger partial charge in [0, 0.05) is 13.1 Å². The summed E-state index contributed by atoms with van der Waals surface area (Å²) in [5, 5.41) is 1.11. The van der Waals surface area contributed by atoms with Crippen LogP contribution in [0.4, 0.5) is 0 Å². The Labute approximate surface area is 137 Å². The standard InChI is InChI=1S/C17H27N3OS/c1-14-16(17(21)20-11-7-2-3-8-12-20)22-15(18-14)13-19-9-5-4-6-10-19/h2-13H2,1H3. The van der Waals surface area contributed by atoms with Crippen LogP contribution in [0.15, 0.2) is 0 Å². The number of aryl methyl sites for hydroxylation is 1. The molecule has 2 saturated heterocycles. The quantitative estimate of drug-likeness (QED) is 0.855. The Balaban J connectivity index is 1.66. The van der Waals surface area contributed by atoms with Crippen LogP contribution >= 0.6 is 11.3 Å². The van der Waals surface area contributed by atoms with Crippen LogP contribution in [0.1, 0.15) is 65.3 Å². The van der Waals surface area contributed by atoms with Gasteiger partial charge in [-0.2, -0.15) is 0 Å². The molecule has 0 saturated carbocycles. The van der Waals surface area contributed by atoms with E-state index in [2.05, 4.69) is 9.88 Å². The van der Waals surface area contributed by atoms with Gasteiger partial charge in [-0.3, -0.25) is 9.69 Å². The Hall–Kier alpha value is -0.940. The summed E-state index contributed by atoms with van der Waals surface area (Å²) in [6.07, 6.45) is 8.74. The summed E-state index contributed by atoms with van der Waals surface area (Å²) in [5.74, 6) is 0.210. The maximum Gasteiger partial charge on any atom is 0.265 e. The highest BCUT2D eigenvalue weighted by Crippen LogP contribution is 2.24. The van der Waals surface area contributed by atoms with E-state index < -0.39 is 0 Å². The average Bonchev–Trinajstić information content (AvgIpc) is 2.75. The highest BCUT2D eigenvalue weighted by atomic mass is 32.1. The topological polar surface area (TPSA) is 36.4 Å². The van der Waals surface area contributed by atoms with Crippen molar-refractivity contribution in [3.05, 3.63) is 15.6 Å². The SMILES string of the molecule is Cc1nc(CN2CCCCC2)sc1C(=O)N1CCCCCC1. The van der Waals surface area contributed by atoms with E-state index in [0.29, 0.717) is 0 Å². The molecule has 5 heteroatoms. The van der Waals surface area contributed by atoms with Crippen LogP contribution in [-0.2, 0) is 6.54 Å². The monoisotopic (exact) mass is 321 g/mol. The first-order chi connectivity index (χ1) is 10.7. The average molecular weight is 321 g/mol. The maximum absolute atomic E-state index is 12.8. The zero-order chi connectivity index (χ0) is 15.4. The first kappa shape index (κ1) is 15.9. The highest BCUT2D eigenvalue weighted by molar-refractivity contribution is 7.13. The van der Waals surface area contributed by atoms with Gasteiger partial charge >= 0.3 is 0 Å². The molecule has 0 unspecified atom stereocenters. The molecule has 0 aromatic carbocycles. The van der Waals surface area contributed by atoms with Crippen LogP contribution in [-0.4, -0.2) is 46.9 Å². The van der Waals surface area contributed by atoms with E-state index in [9.17, 15) is 4.79 Å². The van der Waals surface area contributed by atoms with Crippen molar-refractivity contribution in [2.75, 3.05) is 26.2 Å². The van der Waals surface area contributed by atoms with Gasteiger partial charge in [-0.25, -0.2) is 4.98 Å². The first-order valence-electron chi connectivity index (χ1n) is 8.72. The van der Waals surface area contributed by atoms with E-state index >= 15 is 0 Å². The molecule has 2 aliphatic heterocycles. The van der Waals surface area contributed by atoms with Gasteiger partial charge in [0.25, 0.3) is 5.91 Å². The van der Waals surface area contributed by atoms with Crippen LogP contribution < -0.4 is 0 Å². The number of nitrogens with zero attached hydrogens (tertiary/aromatic N) is 3. The molecular weight excluding hydrogens is 294 g/mol. The summed E-state index contributed by atoms with van der Waals surface area (Å²) in [6, 6.07) is 0. The fraction of sp³-hybridized carbons (Fsp3) is 0.765. The van der Waals surface area contributed by atoms with Gasteiger partial charge in [-0.05, 0) is 45.7 Å². The maximum atomic E-state index is 12.8. The fourth-order valence-electron chi connectivity index (χ4n) is 3.44. The van der Waals surface area contributed by atoms with Crippen LogP contribution in [0, 0.1) is 6.92 Å². The van der Waals surface area contributed by atoms with Crippen molar-refractivity contribution >= 4 is 17.2 Å². The lowest BCUT2D eigenvalue weighted by Crippen LogP contribution is -2.31. The second-order valence-electron chi connectivity index (χ2n) is 6.57. The Bertz CT molecular complexity index is 500. The minimum Gasteiger partial charge on any atom is -0.338 e. The third-order valence-corrected chi connectivity index (χ3v) is 5.87. The van der Waals surface area contributed by atoms with Gasteiger partial charge in [0.2, 0.25) is 0 Å². The molecule has 0 N–H and O–H groups in total. The van der Waals surface area contributed by atoms with Crippen molar-refractivity contribution in [3.63, 3.8) is 0 Å². The number of hydrogen-bond acceptors (Lipinski definition) is 4. The van der Waals surface area contributed by atoms with E-state index in [0.717, 1.165) is 48.1 Å². The second-order valence-corrected chi connectivity index (χ2v) is 7.65. The number of thiazole rings is 1. The molecule has 122 valence electrons. The van der Waals surface area contributed by atoms with Crippen molar-refractivity contribution in [1.29, 1.82) is 0 Å². The first-order valence-corrected chi connectivity index (χ1v) is 9.53. The van der Waals surface area contributed by atoms with Gasteiger partial charge in [0.1, 0.15) is 9.88 Å². The van der Waals surface area contributed by atoms with Crippen molar-refractivity contribution in [2.45, 2.75) is 58.4 Å². The van der Waals surface area contributed by atoms with E-state index in [1.807, 2.05) is 11.8 Å². The van der Waals surface area contributed by atoms with E-state index in [1.165, 1.54) is 45.2 Å². The number of piperidine rings is 1. The molecule has 4 nitrogen and oxygen atoms in total. The molecule has 1 aromatic rings. The Kier molecular flexibility index (Phi) is 5.47. The molecule has 22 heavy (non-hydrogen) atoms. The molecule has 0 spiro atoms. The zero-order valence-electron chi connectivity index (χ0n) is 13.6. The van der Waals surface area contributed by atoms with Gasteiger partial charge < -0.3 is 4.90 Å². The molecule has 2 fully saturated rings.